The van der Waals surface area contributed by atoms with E-state index in [9.17, 15) is 9.90 Å². The van der Waals surface area contributed by atoms with Gasteiger partial charge in [-0.3, -0.25) is 4.79 Å². The zero-order chi connectivity index (χ0) is 11.8. The molecule has 0 saturated carbocycles. The molecule has 0 saturated heterocycles. The molecule has 0 radical (unpaired) electrons. The Morgan fingerprint density at radius 3 is 2.62 bits per heavy atom. The molecule has 0 atom stereocenters. The predicted octanol–water partition coefficient (Wildman–Crippen LogP) is 1.77. The van der Waals surface area contributed by atoms with E-state index in [1.807, 2.05) is 24.3 Å². The van der Waals surface area contributed by atoms with Gasteiger partial charge < -0.3 is 9.67 Å². The summed E-state index contributed by atoms with van der Waals surface area (Å²) in [5.74, 6) is 0. The number of aromatic nitrogens is 1. The molecule has 0 aliphatic heterocycles. The predicted molar refractivity (Wildman–Crippen MR) is 64.5 cm³/mol. The molecule has 2 aromatic rings. The second kappa shape index (κ2) is 3.76. The fourth-order valence-corrected chi connectivity index (χ4v) is 1.77. The molecular formula is C13H15NO2. The van der Waals surface area contributed by atoms with Crippen molar-refractivity contribution in [3.63, 3.8) is 0 Å². The Bertz CT molecular complexity index is 564. The Labute approximate surface area is 94.0 Å². The lowest BCUT2D eigenvalue weighted by atomic mass is 10.1. The number of pyridine rings is 1. The van der Waals surface area contributed by atoms with Crippen LogP contribution in [0.1, 0.15) is 13.8 Å². The highest BCUT2D eigenvalue weighted by molar-refractivity contribution is 5.81. The summed E-state index contributed by atoms with van der Waals surface area (Å²) < 4.78 is 1.54. The van der Waals surface area contributed by atoms with Crippen LogP contribution in [0.15, 0.2) is 41.3 Å². The number of aliphatic hydroxyl groups is 1. The molecule has 1 aromatic carbocycles. The maximum absolute atomic E-state index is 12.1. The van der Waals surface area contributed by atoms with Gasteiger partial charge in [0.25, 0.3) is 5.56 Å². The fraction of sp³-hybridized carbons (Fsp3) is 0.308. The quantitative estimate of drug-likeness (QED) is 0.833. The van der Waals surface area contributed by atoms with E-state index in [1.54, 1.807) is 30.7 Å². The summed E-state index contributed by atoms with van der Waals surface area (Å²) in [6.45, 7) is 3.68. The van der Waals surface area contributed by atoms with Gasteiger partial charge in [0, 0.05) is 11.6 Å². The summed E-state index contributed by atoms with van der Waals surface area (Å²) in [5, 5.41) is 11.3. The maximum Gasteiger partial charge on any atom is 0.258 e. The Hall–Kier alpha value is -1.61. The normalized spacial score (nSPS) is 11.9. The molecule has 84 valence electrons. The van der Waals surface area contributed by atoms with Crippen LogP contribution in [-0.4, -0.2) is 15.3 Å². The van der Waals surface area contributed by atoms with Gasteiger partial charge in [0.1, 0.15) is 0 Å². The van der Waals surface area contributed by atoms with Crippen LogP contribution in [0.4, 0.5) is 0 Å². The molecule has 0 bridgehead atoms. The minimum atomic E-state index is -0.883. The fourth-order valence-electron chi connectivity index (χ4n) is 1.77. The van der Waals surface area contributed by atoms with Crippen molar-refractivity contribution in [3.05, 3.63) is 46.9 Å². The molecule has 0 fully saturated rings. The van der Waals surface area contributed by atoms with Crippen molar-refractivity contribution in [2.75, 3.05) is 0 Å². The van der Waals surface area contributed by atoms with Crippen molar-refractivity contribution in [1.82, 2.24) is 4.57 Å². The Morgan fingerprint density at radius 1 is 1.25 bits per heavy atom. The number of hydrogen-bond donors (Lipinski definition) is 1. The van der Waals surface area contributed by atoms with Crippen LogP contribution >= 0.6 is 0 Å². The van der Waals surface area contributed by atoms with Crippen LogP contribution < -0.4 is 5.56 Å². The Balaban J connectivity index is 2.57. The van der Waals surface area contributed by atoms with E-state index in [4.69, 9.17) is 0 Å². The zero-order valence-corrected chi connectivity index (χ0v) is 9.47. The van der Waals surface area contributed by atoms with Crippen LogP contribution in [0.2, 0.25) is 0 Å². The van der Waals surface area contributed by atoms with E-state index in [2.05, 4.69) is 0 Å². The Morgan fingerprint density at radius 2 is 1.94 bits per heavy atom. The van der Waals surface area contributed by atoms with Gasteiger partial charge in [-0.2, -0.15) is 0 Å². The Kier molecular flexibility index (Phi) is 2.56. The van der Waals surface area contributed by atoms with Crippen molar-refractivity contribution in [3.8, 4) is 0 Å². The number of hydrogen-bond acceptors (Lipinski definition) is 2. The molecule has 0 unspecified atom stereocenters. The summed E-state index contributed by atoms with van der Waals surface area (Å²) in [5.41, 5.74) is -0.938. The van der Waals surface area contributed by atoms with E-state index in [-0.39, 0.29) is 5.56 Å². The standard InChI is InChI=1S/C13H15NO2/c1-13(2,16)9-14-8-7-10-5-3-4-6-11(10)12(14)15/h3-8,16H,9H2,1-2H3. The van der Waals surface area contributed by atoms with Gasteiger partial charge in [-0.15, -0.1) is 0 Å². The first kappa shape index (κ1) is 10.9. The summed E-state index contributed by atoms with van der Waals surface area (Å²) in [4.78, 5) is 12.1. The third-order valence-corrected chi connectivity index (χ3v) is 2.44. The lowest BCUT2D eigenvalue weighted by molar-refractivity contribution is 0.0606. The largest absolute Gasteiger partial charge is 0.389 e. The second-order valence-electron chi connectivity index (χ2n) is 4.65. The highest BCUT2D eigenvalue weighted by Crippen LogP contribution is 2.10. The molecule has 0 aliphatic rings. The van der Waals surface area contributed by atoms with Crippen molar-refractivity contribution in [1.29, 1.82) is 0 Å². The molecule has 0 amide bonds. The molecule has 0 spiro atoms. The van der Waals surface area contributed by atoms with E-state index >= 15 is 0 Å². The van der Waals surface area contributed by atoms with Gasteiger partial charge in [0.2, 0.25) is 0 Å². The van der Waals surface area contributed by atoms with Gasteiger partial charge in [0.05, 0.1) is 12.1 Å². The molecule has 3 heteroatoms. The summed E-state index contributed by atoms with van der Waals surface area (Å²) in [6, 6.07) is 9.35. The van der Waals surface area contributed by atoms with E-state index in [1.165, 1.54) is 0 Å². The average Bonchev–Trinajstić information content (AvgIpc) is 2.21. The van der Waals surface area contributed by atoms with Gasteiger partial charge in [-0.1, -0.05) is 18.2 Å². The number of fused-ring (bicyclic) bond motifs is 1. The first-order valence-electron chi connectivity index (χ1n) is 5.28. The minimum absolute atomic E-state index is 0.0553. The van der Waals surface area contributed by atoms with E-state index in [0.717, 1.165) is 5.39 Å². The van der Waals surface area contributed by atoms with Crippen molar-refractivity contribution in [2.45, 2.75) is 26.0 Å². The first-order valence-corrected chi connectivity index (χ1v) is 5.28. The topological polar surface area (TPSA) is 42.2 Å². The molecule has 1 N–H and O–H groups in total. The number of benzene rings is 1. The van der Waals surface area contributed by atoms with E-state index < -0.39 is 5.60 Å². The van der Waals surface area contributed by atoms with Crippen LogP contribution in [0.3, 0.4) is 0 Å². The molecular weight excluding hydrogens is 202 g/mol. The summed E-state index contributed by atoms with van der Waals surface area (Å²) in [6.07, 6.45) is 1.72. The monoisotopic (exact) mass is 217 g/mol. The van der Waals surface area contributed by atoms with Gasteiger partial charge >= 0.3 is 0 Å². The number of nitrogens with zero attached hydrogens (tertiary/aromatic N) is 1. The smallest absolute Gasteiger partial charge is 0.258 e. The van der Waals surface area contributed by atoms with E-state index in [0.29, 0.717) is 11.9 Å². The molecule has 1 heterocycles. The molecule has 3 nitrogen and oxygen atoms in total. The van der Waals surface area contributed by atoms with Gasteiger partial charge in [-0.25, -0.2) is 0 Å². The number of rotatable bonds is 2. The maximum atomic E-state index is 12.1. The lowest BCUT2D eigenvalue weighted by Gasteiger charge is -2.18. The zero-order valence-electron chi connectivity index (χ0n) is 9.47. The molecule has 0 aliphatic carbocycles. The second-order valence-corrected chi connectivity index (χ2v) is 4.65. The van der Waals surface area contributed by atoms with Crippen molar-refractivity contribution < 1.29 is 5.11 Å². The van der Waals surface area contributed by atoms with Gasteiger partial charge in [-0.05, 0) is 31.4 Å². The third kappa shape index (κ3) is 2.14. The highest BCUT2D eigenvalue weighted by atomic mass is 16.3. The van der Waals surface area contributed by atoms with Crippen molar-refractivity contribution in [2.24, 2.45) is 0 Å². The molecule has 2 rings (SSSR count). The average molecular weight is 217 g/mol. The van der Waals surface area contributed by atoms with Crippen LogP contribution in [0, 0.1) is 0 Å². The summed E-state index contributed by atoms with van der Waals surface area (Å²) >= 11 is 0. The lowest BCUT2D eigenvalue weighted by Crippen LogP contribution is -2.32. The third-order valence-electron chi connectivity index (χ3n) is 2.44. The molecule has 1 aromatic heterocycles. The van der Waals surface area contributed by atoms with Crippen LogP contribution in [0.25, 0.3) is 10.8 Å². The van der Waals surface area contributed by atoms with Crippen LogP contribution in [-0.2, 0) is 6.54 Å². The minimum Gasteiger partial charge on any atom is -0.389 e. The van der Waals surface area contributed by atoms with Crippen molar-refractivity contribution >= 4 is 10.8 Å². The van der Waals surface area contributed by atoms with Crippen LogP contribution in [0.5, 0.6) is 0 Å². The SMILES string of the molecule is CC(C)(O)Cn1ccc2ccccc2c1=O. The van der Waals surface area contributed by atoms with Gasteiger partial charge in [0.15, 0.2) is 0 Å². The first-order chi connectivity index (χ1) is 7.47. The highest BCUT2D eigenvalue weighted by Gasteiger charge is 2.14. The molecule has 16 heavy (non-hydrogen) atoms. The summed E-state index contributed by atoms with van der Waals surface area (Å²) in [7, 11) is 0.